The Labute approximate surface area is 55.0 Å². The van der Waals surface area contributed by atoms with Gasteiger partial charge in [0.2, 0.25) is 0 Å². The largest absolute Gasteiger partial charge is 0.480 e. The molecule has 46 valence electrons. The molecule has 0 aromatic rings. The number of carboxylic acid groups (broad SMARTS) is 1. The summed E-state index contributed by atoms with van der Waals surface area (Å²) < 4.78 is 0. The maximum absolute atomic E-state index is 10.1. The van der Waals surface area contributed by atoms with Gasteiger partial charge in [0.1, 0.15) is 5.54 Å². The summed E-state index contributed by atoms with van der Waals surface area (Å²) in [5, 5.41) is 8.33. The van der Waals surface area contributed by atoms with E-state index in [0.717, 1.165) is 0 Å². The molecule has 0 bridgehead atoms. The van der Waals surface area contributed by atoms with Gasteiger partial charge in [-0.3, -0.25) is 4.79 Å². The van der Waals surface area contributed by atoms with Gasteiger partial charge in [-0.05, 0) is 6.42 Å². The van der Waals surface area contributed by atoms with Gasteiger partial charge in [-0.15, -0.1) is 0 Å². The standard InChI is InChI=1S/C4H6BrNO2/c5-2-1-4(2,6)3(7)8/h2H,1,6H2,(H,7,8)/t2-,4+/m0/s1. The zero-order valence-corrected chi connectivity index (χ0v) is 5.68. The van der Waals surface area contributed by atoms with Crippen molar-refractivity contribution in [2.24, 2.45) is 5.73 Å². The Bertz CT molecular complexity index is 138. The van der Waals surface area contributed by atoms with Crippen LogP contribution in [0.3, 0.4) is 0 Å². The lowest BCUT2D eigenvalue weighted by atomic mass is 10.3. The van der Waals surface area contributed by atoms with Crippen molar-refractivity contribution in [1.82, 2.24) is 0 Å². The van der Waals surface area contributed by atoms with E-state index < -0.39 is 11.5 Å². The van der Waals surface area contributed by atoms with Crippen LogP contribution >= 0.6 is 15.9 Å². The Morgan fingerprint density at radius 2 is 2.38 bits per heavy atom. The maximum atomic E-state index is 10.1. The van der Waals surface area contributed by atoms with Gasteiger partial charge in [-0.1, -0.05) is 15.9 Å². The van der Waals surface area contributed by atoms with E-state index >= 15 is 0 Å². The summed E-state index contributed by atoms with van der Waals surface area (Å²) in [6, 6.07) is 0. The van der Waals surface area contributed by atoms with Crippen molar-refractivity contribution in [1.29, 1.82) is 0 Å². The lowest BCUT2D eigenvalue weighted by Gasteiger charge is -1.97. The molecule has 0 radical (unpaired) electrons. The fourth-order valence-corrected chi connectivity index (χ4v) is 1.19. The van der Waals surface area contributed by atoms with Crippen molar-refractivity contribution in [3.8, 4) is 0 Å². The normalized spacial score (nSPS) is 44.0. The number of alkyl halides is 1. The van der Waals surface area contributed by atoms with E-state index in [4.69, 9.17) is 10.8 Å². The van der Waals surface area contributed by atoms with Crippen LogP contribution in [-0.2, 0) is 4.79 Å². The number of halogens is 1. The smallest absolute Gasteiger partial charge is 0.324 e. The van der Waals surface area contributed by atoms with E-state index in [2.05, 4.69) is 15.9 Å². The minimum Gasteiger partial charge on any atom is -0.480 e. The van der Waals surface area contributed by atoms with Gasteiger partial charge in [0.05, 0.1) is 0 Å². The summed E-state index contributed by atoms with van der Waals surface area (Å²) in [5.74, 6) is -0.917. The molecule has 0 aromatic heterocycles. The molecular weight excluding hydrogens is 174 g/mol. The van der Waals surface area contributed by atoms with Gasteiger partial charge in [0, 0.05) is 4.83 Å². The zero-order valence-electron chi connectivity index (χ0n) is 4.10. The molecule has 4 heteroatoms. The summed E-state index contributed by atoms with van der Waals surface area (Å²) in [5.41, 5.74) is 4.33. The second kappa shape index (κ2) is 1.45. The van der Waals surface area contributed by atoms with Crippen molar-refractivity contribution in [2.75, 3.05) is 0 Å². The molecule has 8 heavy (non-hydrogen) atoms. The van der Waals surface area contributed by atoms with Gasteiger partial charge < -0.3 is 10.8 Å². The molecule has 0 unspecified atom stereocenters. The predicted molar refractivity (Wildman–Crippen MR) is 31.9 cm³/mol. The highest BCUT2D eigenvalue weighted by Gasteiger charge is 2.56. The molecular formula is C4H6BrNO2. The predicted octanol–water partition coefficient (Wildman–Crippen LogP) is -0.0643. The SMILES string of the molecule is N[C@]1(C(=O)O)C[C@@H]1Br. The molecule has 0 heterocycles. The van der Waals surface area contributed by atoms with E-state index in [1.54, 1.807) is 0 Å². The fraction of sp³-hybridized carbons (Fsp3) is 0.750. The van der Waals surface area contributed by atoms with Crippen LogP contribution in [0, 0.1) is 0 Å². The number of hydrogen-bond acceptors (Lipinski definition) is 2. The lowest BCUT2D eigenvalue weighted by molar-refractivity contribution is -0.139. The molecule has 1 fully saturated rings. The first-order valence-electron chi connectivity index (χ1n) is 2.24. The molecule has 0 spiro atoms. The minimum atomic E-state index is -0.958. The third-order valence-electron chi connectivity index (χ3n) is 1.31. The van der Waals surface area contributed by atoms with Gasteiger partial charge in [0.15, 0.2) is 0 Å². The van der Waals surface area contributed by atoms with E-state index in [-0.39, 0.29) is 4.83 Å². The second-order valence-electron chi connectivity index (χ2n) is 2.02. The maximum Gasteiger partial charge on any atom is 0.324 e. The first-order valence-corrected chi connectivity index (χ1v) is 3.15. The van der Waals surface area contributed by atoms with Crippen molar-refractivity contribution in [3.05, 3.63) is 0 Å². The summed E-state index contributed by atoms with van der Waals surface area (Å²) in [6.07, 6.45) is 0.544. The molecule has 3 nitrogen and oxygen atoms in total. The lowest BCUT2D eigenvalue weighted by Crippen LogP contribution is -2.35. The Morgan fingerprint density at radius 1 is 2.00 bits per heavy atom. The number of carbonyl (C=O) groups is 1. The van der Waals surface area contributed by atoms with E-state index in [1.807, 2.05) is 0 Å². The van der Waals surface area contributed by atoms with E-state index in [0.29, 0.717) is 6.42 Å². The third kappa shape index (κ3) is 0.641. The van der Waals surface area contributed by atoms with Crippen LogP contribution in [0.1, 0.15) is 6.42 Å². The molecule has 1 aliphatic carbocycles. The topological polar surface area (TPSA) is 63.3 Å². The highest BCUT2D eigenvalue weighted by Crippen LogP contribution is 2.40. The summed E-state index contributed by atoms with van der Waals surface area (Å²) in [4.78, 5) is 10.1. The Kier molecular flexibility index (Phi) is 1.09. The van der Waals surface area contributed by atoms with Crippen LogP contribution in [-0.4, -0.2) is 21.4 Å². The van der Waals surface area contributed by atoms with Crippen LogP contribution in [0.4, 0.5) is 0 Å². The molecule has 0 amide bonds. The number of carboxylic acids is 1. The minimum absolute atomic E-state index is 0.0208. The van der Waals surface area contributed by atoms with Crippen LogP contribution < -0.4 is 5.73 Å². The van der Waals surface area contributed by atoms with Crippen molar-refractivity contribution < 1.29 is 9.90 Å². The van der Waals surface area contributed by atoms with Crippen molar-refractivity contribution in [3.63, 3.8) is 0 Å². The average molecular weight is 180 g/mol. The van der Waals surface area contributed by atoms with Gasteiger partial charge in [-0.25, -0.2) is 0 Å². The highest BCUT2D eigenvalue weighted by atomic mass is 79.9. The summed E-state index contributed by atoms with van der Waals surface area (Å²) >= 11 is 3.10. The number of nitrogens with two attached hydrogens (primary N) is 1. The van der Waals surface area contributed by atoms with Crippen LogP contribution in [0.2, 0.25) is 0 Å². The van der Waals surface area contributed by atoms with Crippen molar-refractivity contribution >= 4 is 21.9 Å². The number of hydrogen-bond donors (Lipinski definition) is 2. The molecule has 1 rings (SSSR count). The fourth-order valence-electron chi connectivity index (χ4n) is 0.459. The van der Waals surface area contributed by atoms with Crippen LogP contribution in [0.5, 0.6) is 0 Å². The zero-order chi connectivity index (χ0) is 6.36. The van der Waals surface area contributed by atoms with E-state index in [1.165, 1.54) is 0 Å². The Balaban J connectivity index is 2.60. The Morgan fingerprint density at radius 3 is 2.38 bits per heavy atom. The first-order chi connectivity index (χ1) is 3.57. The summed E-state index contributed by atoms with van der Waals surface area (Å²) in [7, 11) is 0. The molecule has 0 aliphatic heterocycles. The van der Waals surface area contributed by atoms with Crippen LogP contribution in [0.15, 0.2) is 0 Å². The monoisotopic (exact) mass is 179 g/mol. The second-order valence-corrected chi connectivity index (χ2v) is 3.12. The average Bonchev–Trinajstić information content (AvgIpc) is 2.17. The van der Waals surface area contributed by atoms with E-state index in [9.17, 15) is 4.79 Å². The molecule has 0 aromatic carbocycles. The van der Waals surface area contributed by atoms with Crippen molar-refractivity contribution in [2.45, 2.75) is 16.8 Å². The molecule has 0 saturated heterocycles. The Hall–Kier alpha value is -0.0900. The highest BCUT2D eigenvalue weighted by molar-refractivity contribution is 9.09. The van der Waals surface area contributed by atoms with Gasteiger partial charge in [-0.2, -0.15) is 0 Å². The molecule has 1 aliphatic rings. The quantitative estimate of drug-likeness (QED) is 0.555. The molecule has 2 atom stereocenters. The summed E-state index contributed by atoms with van der Waals surface area (Å²) in [6.45, 7) is 0. The number of aliphatic carboxylic acids is 1. The van der Waals surface area contributed by atoms with Gasteiger partial charge >= 0.3 is 5.97 Å². The molecule has 1 saturated carbocycles. The molecule has 3 N–H and O–H groups in total. The number of rotatable bonds is 1. The van der Waals surface area contributed by atoms with Gasteiger partial charge in [0.25, 0.3) is 0 Å². The first kappa shape index (κ1) is 6.04. The third-order valence-corrected chi connectivity index (χ3v) is 2.45. The van der Waals surface area contributed by atoms with Crippen LogP contribution in [0.25, 0.3) is 0 Å².